The molecule has 0 saturated heterocycles. The molecule has 0 radical (unpaired) electrons. The van der Waals surface area contributed by atoms with Crippen LogP contribution in [0.25, 0.3) is 0 Å². The molecule has 1 heterocycles. The minimum atomic E-state index is -0.0141. The Bertz CT molecular complexity index is 919. The van der Waals surface area contributed by atoms with Gasteiger partial charge >= 0.3 is 0 Å². The Hall–Kier alpha value is -3.11. The molecular weight excluding hydrogens is 372 g/mol. The monoisotopic (exact) mass is 400 g/mol. The molecule has 0 aliphatic carbocycles. The summed E-state index contributed by atoms with van der Waals surface area (Å²) in [5.41, 5.74) is 3.29. The van der Waals surface area contributed by atoms with Gasteiger partial charge in [-0.2, -0.15) is 0 Å². The number of amides is 1. The van der Waals surface area contributed by atoms with Gasteiger partial charge in [0.1, 0.15) is 11.9 Å². The van der Waals surface area contributed by atoms with Crippen LogP contribution in [0.2, 0.25) is 0 Å². The molecule has 0 spiro atoms. The van der Waals surface area contributed by atoms with E-state index in [0.717, 1.165) is 38.2 Å². The van der Waals surface area contributed by atoms with Crippen molar-refractivity contribution in [3.63, 3.8) is 0 Å². The van der Waals surface area contributed by atoms with Gasteiger partial charge in [-0.3, -0.25) is 9.69 Å². The highest BCUT2D eigenvalue weighted by molar-refractivity contribution is 5.94. The second-order valence-electron chi connectivity index (χ2n) is 7.75. The summed E-state index contributed by atoms with van der Waals surface area (Å²) in [6.07, 6.45) is 2.02. The van der Waals surface area contributed by atoms with Crippen LogP contribution < -0.4 is 10.1 Å². The Labute approximate surface area is 178 Å². The first-order valence-corrected chi connectivity index (χ1v) is 10.6. The zero-order valence-corrected chi connectivity index (χ0v) is 17.2. The van der Waals surface area contributed by atoms with Crippen LogP contribution in [0.15, 0.2) is 84.9 Å². The van der Waals surface area contributed by atoms with Crippen molar-refractivity contribution in [3.05, 3.63) is 102 Å². The van der Waals surface area contributed by atoms with Crippen molar-refractivity contribution >= 4 is 5.91 Å². The van der Waals surface area contributed by atoms with Gasteiger partial charge in [0.2, 0.25) is 0 Å². The molecule has 1 unspecified atom stereocenters. The zero-order valence-electron chi connectivity index (χ0n) is 17.2. The highest BCUT2D eigenvalue weighted by Gasteiger charge is 2.24. The lowest BCUT2D eigenvalue weighted by Gasteiger charge is -2.25. The third kappa shape index (κ3) is 5.49. The number of nitrogens with zero attached hydrogens (tertiary/aromatic N) is 1. The molecule has 0 aromatic heterocycles. The third-order valence-electron chi connectivity index (χ3n) is 5.40. The first-order valence-electron chi connectivity index (χ1n) is 10.6. The maximum atomic E-state index is 12.2. The van der Waals surface area contributed by atoms with E-state index in [2.05, 4.69) is 52.7 Å². The Kier molecular flexibility index (Phi) is 6.78. The molecule has 0 fully saturated rings. The Morgan fingerprint density at radius 1 is 0.933 bits per heavy atom. The lowest BCUT2D eigenvalue weighted by Crippen LogP contribution is -2.36. The fraction of sp³-hybridized carbons (Fsp3) is 0.269. The summed E-state index contributed by atoms with van der Waals surface area (Å²) in [5, 5.41) is 3.03. The van der Waals surface area contributed by atoms with E-state index in [1.807, 2.05) is 42.5 Å². The largest absolute Gasteiger partial charge is 0.488 e. The summed E-state index contributed by atoms with van der Waals surface area (Å²) < 4.78 is 6.17. The van der Waals surface area contributed by atoms with Crippen molar-refractivity contribution in [3.8, 4) is 5.75 Å². The molecule has 1 aliphatic heterocycles. The summed E-state index contributed by atoms with van der Waals surface area (Å²) in [6, 6.07) is 28.2. The van der Waals surface area contributed by atoms with E-state index in [1.54, 1.807) is 0 Å². The first-order chi connectivity index (χ1) is 14.8. The van der Waals surface area contributed by atoms with Crippen molar-refractivity contribution < 1.29 is 9.53 Å². The van der Waals surface area contributed by atoms with Crippen molar-refractivity contribution in [2.45, 2.75) is 25.5 Å². The molecule has 4 nitrogen and oxygen atoms in total. The number of hydrogen-bond acceptors (Lipinski definition) is 3. The average molecular weight is 401 g/mol. The number of fused-ring (bicyclic) bond motifs is 1. The molecule has 3 aromatic carbocycles. The van der Waals surface area contributed by atoms with Crippen molar-refractivity contribution in [2.24, 2.45) is 0 Å². The predicted molar refractivity (Wildman–Crippen MR) is 120 cm³/mol. The molecular formula is C26H28N2O2. The minimum absolute atomic E-state index is 0.0141. The van der Waals surface area contributed by atoms with Gasteiger partial charge in [0.25, 0.3) is 5.91 Å². The zero-order chi connectivity index (χ0) is 20.6. The molecule has 1 atom stereocenters. The number of nitrogens with one attached hydrogen (secondary N) is 1. The summed E-state index contributed by atoms with van der Waals surface area (Å²) in [5.74, 6) is 0.997. The highest BCUT2D eigenvalue weighted by Crippen LogP contribution is 2.28. The van der Waals surface area contributed by atoms with Crippen LogP contribution in [-0.2, 0) is 13.0 Å². The van der Waals surface area contributed by atoms with E-state index in [0.29, 0.717) is 12.1 Å². The number of para-hydroxylation sites is 1. The molecule has 3 aromatic rings. The lowest BCUT2D eigenvalue weighted by atomic mass is 10.1. The maximum absolute atomic E-state index is 12.2. The summed E-state index contributed by atoms with van der Waals surface area (Å²) in [4.78, 5) is 14.7. The molecule has 0 saturated carbocycles. The normalized spacial score (nSPS) is 14.9. The van der Waals surface area contributed by atoms with Gasteiger partial charge in [-0.15, -0.1) is 0 Å². The fourth-order valence-electron chi connectivity index (χ4n) is 3.92. The fourth-order valence-corrected chi connectivity index (χ4v) is 3.92. The topological polar surface area (TPSA) is 41.6 Å². The van der Waals surface area contributed by atoms with Crippen LogP contribution in [0.3, 0.4) is 0 Å². The van der Waals surface area contributed by atoms with E-state index in [-0.39, 0.29) is 12.0 Å². The van der Waals surface area contributed by atoms with Crippen molar-refractivity contribution in [2.75, 3.05) is 19.6 Å². The second kappa shape index (κ2) is 10.1. The Balaban J connectivity index is 1.31. The van der Waals surface area contributed by atoms with E-state index in [4.69, 9.17) is 4.74 Å². The third-order valence-corrected chi connectivity index (χ3v) is 5.40. The summed E-state index contributed by atoms with van der Waals surface area (Å²) in [7, 11) is 0. The number of carbonyl (C=O) groups excluding carboxylic acids is 1. The van der Waals surface area contributed by atoms with Crippen LogP contribution in [0, 0.1) is 0 Å². The predicted octanol–water partition coefficient (Wildman–Crippen LogP) is 4.31. The van der Waals surface area contributed by atoms with Crippen molar-refractivity contribution in [1.82, 2.24) is 10.2 Å². The van der Waals surface area contributed by atoms with Gasteiger partial charge in [-0.25, -0.2) is 0 Å². The highest BCUT2D eigenvalue weighted by atomic mass is 16.5. The maximum Gasteiger partial charge on any atom is 0.251 e. The number of ether oxygens (including phenoxy) is 1. The standard InChI is InChI=1S/C26H28N2O2/c29-26(22-12-5-2-6-13-22)27-16-9-17-28(19-21-10-3-1-4-11-21)20-24-18-23-14-7-8-15-25(23)30-24/h1-8,10-15,24H,9,16-20H2,(H,27,29). The number of benzene rings is 3. The SMILES string of the molecule is O=C(NCCCN(Cc1ccccc1)CC1Cc2ccccc2O1)c1ccccc1. The number of carbonyl (C=O) groups is 1. The first kappa shape index (κ1) is 20.2. The average Bonchev–Trinajstić information content (AvgIpc) is 3.20. The van der Waals surface area contributed by atoms with Gasteiger partial charge in [0, 0.05) is 38.2 Å². The summed E-state index contributed by atoms with van der Waals surface area (Å²) >= 11 is 0. The molecule has 1 amide bonds. The van der Waals surface area contributed by atoms with Gasteiger partial charge in [-0.1, -0.05) is 66.7 Å². The number of rotatable bonds is 9. The molecule has 0 bridgehead atoms. The van der Waals surface area contributed by atoms with E-state index < -0.39 is 0 Å². The minimum Gasteiger partial charge on any atom is -0.488 e. The molecule has 1 N–H and O–H groups in total. The lowest BCUT2D eigenvalue weighted by molar-refractivity contribution is 0.0948. The van der Waals surface area contributed by atoms with E-state index >= 15 is 0 Å². The van der Waals surface area contributed by atoms with Crippen LogP contribution in [-0.4, -0.2) is 36.5 Å². The molecule has 4 rings (SSSR count). The van der Waals surface area contributed by atoms with Gasteiger partial charge in [-0.05, 0) is 35.7 Å². The number of hydrogen-bond donors (Lipinski definition) is 1. The molecule has 4 heteroatoms. The van der Waals surface area contributed by atoms with Gasteiger partial charge in [0.15, 0.2) is 0 Å². The van der Waals surface area contributed by atoms with Crippen LogP contribution >= 0.6 is 0 Å². The van der Waals surface area contributed by atoms with E-state index in [9.17, 15) is 4.79 Å². The van der Waals surface area contributed by atoms with Crippen LogP contribution in [0.5, 0.6) is 5.75 Å². The van der Waals surface area contributed by atoms with Crippen molar-refractivity contribution in [1.29, 1.82) is 0 Å². The smallest absolute Gasteiger partial charge is 0.251 e. The second-order valence-corrected chi connectivity index (χ2v) is 7.75. The Morgan fingerprint density at radius 3 is 2.40 bits per heavy atom. The molecule has 154 valence electrons. The van der Waals surface area contributed by atoms with Crippen LogP contribution in [0.4, 0.5) is 0 Å². The van der Waals surface area contributed by atoms with Gasteiger partial charge in [0.05, 0.1) is 0 Å². The summed E-state index contributed by atoms with van der Waals surface area (Å²) in [6.45, 7) is 3.31. The van der Waals surface area contributed by atoms with Gasteiger partial charge < -0.3 is 10.1 Å². The van der Waals surface area contributed by atoms with Crippen LogP contribution in [0.1, 0.15) is 27.9 Å². The Morgan fingerprint density at radius 2 is 1.63 bits per heavy atom. The molecule has 1 aliphatic rings. The van der Waals surface area contributed by atoms with E-state index in [1.165, 1.54) is 11.1 Å². The molecule has 30 heavy (non-hydrogen) atoms. The quantitative estimate of drug-likeness (QED) is 0.544.